The van der Waals surface area contributed by atoms with Gasteiger partial charge >= 0.3 is 0 Å². The van der Waals surface area contributed by atoms with Crippen LogP contribution in [0.25, 0.3) is 27.5 Å². The van der Waals surface area contributed by atoms with Crippen LogP contribution in [0.1, 0.15) is 52.0 Å². The Balaban J connectivity index is 0.750. The Morgan fingerprint density at radius 1 is 0.898 bits per heavy atom. The molecule has 8 heterocycles. The van der Waals surface area contributed by atoms with Crippen molar-refractivity contribution in [1.29, 1.82) is 5.26 Å². The van der Waals surface area contributed by atoms with Gasteiger partial charge in [0.25, 0.3) is 11.8 Å². The van der Waals surface area contributed by atoms with Gasteiger partial charge in [-0.05, 0) is 61.7 Å². The lowest BCUT2D eigenvalue weighted by Gasteiger charge is -2.36. The molecule has 4 aliphatic heterocycles. The molecule has 300 valence electrons. The number of anilines is 3. The molecule has 0 bridgehead atoms. The first-order chi connectivity index (χ1) is 28.7. The molecule has 0 aliphatic carbocycles. The minimum Gasteiger partial charge on any atom is -0.387 e. The number of rotatable bonds is 9. The van der Waals surface area contributed by atoms with Gasteiger partial charge in [0.1, 0.15) is 12.1 Å². The first-order valence-corrected chi connectivity index (χ1v) is 20.3. The van der Waals surface area contributed by atoms with E-state index < -0.39 is 29.7 Å². The molecule has 0 saturated carbocycles. The van der Waals surface area contributed by atoms with Crippen molar-refractivity contribution >= 4 is 62.9 Å². The van der Waals surface area contributed by atoms with Crippen molar-refractivity contribution in [3.8, 4) is 28.0 Å². The fourth-order valence-corrected chi connectivity index (χ4v) is 9.11. The number of carbonyl (C=O) groups excluding carboxylic acids is 5. The van der Waals surface area contributed by atoms with Crippen molar-refractivity contribution in [2.45, 2.75) is 37.8 Å². The average Bonchev–Trinajstić information content (AvgIpc) is 3.98. The third-order valence-corrected chi connectivity index (χ3v) is 12.4. The Labute approximate surface area is 341 Å². The molecule has 3 N–H and O–H groups in total. The van der Waals surface area contributed by atoms with E-state index in [4.69, 9.17) is 4.98 Å². The van der Waals surface area contributed by atoms with Crippen LogP contribution < -0.4 is 25.8 Å². The topological polar surface area (TPSA) is 214 Å². The third kappa shape index (κ3) is 7.21. The minimum absolute atomic E-state index is 0.0170. The summed E-state index contributed by atoms with van der Waals surface area (Å²) in [5.41, 5.74) is 5.80. The molecule has 4 aliphatic rings. The van der Waals surface area contributed by atoms with Gasteiger partial charge in [0, 0.05) is 76.4 Å². The minimum atomic E-state index is -1.01. The summed E-state index contributed by atoms with van der Waals surface area (Å²) in [7, 11) is 1.85. The summed E-state index contributed by atoms with van der Waals surface area (Å²) in [6.07, 6.45) is 5.06. The van der Waals surface area contributed by atoms with E-state index in [0.29, 0.717) is 31.7 Å². The van der Waals surface area contributed by atoms with Gasteiger partial charge in [-0.15, -0.1) is 10.2 Å². The molecule has 0 radical (unpaired) electrons. The highest BCUT2D eigenvalue weighted by molar-refractivity contribution is 7.18. The van der Waals surface area contributed by atoms with Gasteiger partial charge in [-0.2, -0.15) is 10.4 Å². The van der Waals surface area contributed by atoms with Crippen molar-refractivity contribution in [3.05, 3.63) is 71.5 Å². The molecular weight excluding hydrogens is 775 g/mol. The van der Waals surface area contributed by atoms with Crippen molar-refractivity contribution in [3.63, 3.8) is 0 Å². The predicted octanol–water partition coefficient (Wildman–Crippen LogP) is 2.14. The van der Waals surface area contributed by atoms with E-state index in [-0.39, 0.29) is 42.5 Å². The third-order valence-electron chi connectivity index (χ3n) is 11.4. The van der Waals surface area contributed by atoms with E-state index in [1.807, 2.05) is 31.3 Å². The van der Waals surface area contributed by atoms with Crippen LogP contribution in [-0.4, -0.2) is 129 Å². The largest absolute Gasteiger partial charge is 0.387 e. The summed E-state index contributed by atoms with van der Waals surface area (Å²) < 4.78 is 1.76. The van der Waals surface area contributed by atoms with Crippen LogP contribution in [0.3, 0.4) is 0 Å². The van der Waals surface area contributed by atoms with E-state index in [1.165, 1.54) is 17.5 Å². The maximum atomic E-state index is 13.3. The molecule has 5 amide bonds. The van der Waals surface area contributed by atoms with Gasteiger partial charge in [0.2, 0.25) is 22.9 Å². The Morgan fingerprint density at radius 2 is 1.69 bits per heavy atom. The van der Waals surface area contributed by atoms with E-state index in [1.54, 1.807) is 28.9 Å². The fourth-order valence-electron chi connectivity index (χ4n) is 8.19. The van der Waals surface area contributed by atoms with Gasteiger partial charge in [-0.1, -0.05) is 11.3 Å². The maximum Gasteiger partial charge on any atom is 0.262 e. The Hall–Kier alpha value is -6.78. The van der Waals surface area contributed by atoms with Crippen LogP contribution in [0, 0.1) is 11.3 Å². The maximum absolute atomic E-state index is 13.3. The molecule has 4 aromatic heterocycles. The standard InChI is InChI=1S/C40H39N13O5S/c1-42-30-18-31(32-5-3-26-16-23(19-41)20-44-53(26)32)43-21-29(30)37-47-48-40(59-37)51-10-8-24(9-11-51)45-35(55)22-49-12-14-50(15-13-49)25-2-4-27-28(17-25)39(58)52(38(27)57)33-6-7-34(54)46-36(33)56/h2-5,16-18,20-21,24,33H,6-15,22H2,1H3,(H,42,43)(H,45,55)(H,46,54,56). The number of aromatic nitrogens is 5. The van der Waals surface area contributed by atoms with E-state index in [0.717, 1.165) is 74.8 Å². The van der Waals surface area contributed by atoms with E-state index in [9.17, 15) is 29.2 Å². The van der Waals surface area contributed by atoms with Gasteiger partial charge in [0.05, 0.1) is 51.9 Å². The number of benzene rings is 1. The number of nitriles is 1. The van der Waals surface area contributed by atoms with Gasteiger partial charge < -0.3 is 20.4 Å². The van der Waals surface area contributed by atoms with Crippen molar-refractivity contribution < 1.29 is 24.0 Å². The number of imide groups is 2. The molecule has 18 nitrogen and oxygen atoms in total. The van der Waals surface area contributed by atoms with Crippen molar-refractivity contribution in [2.24, 2.45) is 0 Å². The number of hydrogen-bond donors (Lipinski definition) is 3. The molecule has 1 unspecified atom stereocenters. The zero-order chi connectivity index (χ0) is 40.8. The highest BCUT2D eigenvalue weighted by atomic mass is 32.1. The lowest BCUT2D eigenvalue weighted by Crippen LogP contribution is -2.54. The lowest BCUT2D eigenvalue weighted by atomic mass is 10.0. The summed E-state index contributed by atoms with van der Waals surface area (Å²) in [5.74, 6) is -2.12. The fraction of sp³-hybridized carbons (Fsp3) is 0.350. The molecule has 1 atom stereocenters. The van der Waals surface area contributed by atoms with Crippen LogP contribution in [0.2, 0.25) is 0 Å². The van der Waals surface area contributed by atoms with Crippen LogP contribution in [0.15, 0.2) is 54.9 Å². The zero-order valence-electron chi connectivity index (χ0n) is 32.1. The smallest absolute Gasteiger partial charge is 0.262 e. The van der Waals surface area contributed by atoms with Crippen LogP contribution in [0.4, 0.5) is 16.5 Å². The van der Waals surface area contributed by atoms with Gasteiger partial charge in [0.15, 0.2) is 5.01 Å². The second kappa shape index (κ2) is 15.5. The van der Waals surface area contributed by atoms with Crippen molar-refractivity contribution in [1.82, 2.24) is 45.2 Å². The molecule has 59 heavy (non-hydrogen) atoms. The SMILES string of the molecule is CNc1cc(-c2ccc3cc(C#N)cnn23)ncc1-c1nnc(N2CCC(NC(=O)CN3CCN(c4ccc5c(c4)C(=O)N(C4CCC(=O)NC4=O)C5=O)CC3)CC2)s1. The highest BCUT2D eigenvalue weighted by Gasteiger charge is 2.45. The van der Waals surface area contributed by atoms with Crippen LogP contribution in [0.5, 0.6) is 0 Å². The first-order valence-electron chi connectivity index (χ1n) is 19.4. The first kappa shape index (κ1) is 37.8. The Bertz CT molecular complexity index is 2570. The molecule has 19 heteroatoms. The van der Waals surface area contributed by atoms with Crippen molar-refractivity contribution in [2.75, 3.05) is 68.0 Å². The average molecular weight is 814 g/mol. The van der Waals surface area contributed by atoms with Crippen LogP contribution in [-0.2, 0) is 14.4 Å². The molecule has 5 aromatic rings. The lowest BCUT2D eigenvalue weighted by molar-refractivity contribution is -0.136. The number of carbonyl (C=O) groups is 5. The number of piperazine rings is 1. The Kier molecular flexibility index (Phi) is 9.94. The molecule has 3 saturated heterocycles. The number of pyridine rings is 1. The molecule has 9 rings (SSSR count). The number of fused-ring (bicyclic) bond motifs is 2. The Morgan fingerprint density at radius 3 is 2.46 bits per heavy atom. The summed E-state index contributed by atoms with van der Waals surface area (Å²) in [6, 6.07) is 13.9. The molecular formula is C40H39N13O5S. The summed E-state index contributed by atoms with van der Waals surface area (Å²) in [5, 5.41) is 32.9. The quantitative estimate of drug-likeness (QED) is 0.182. The normalized spacial score (nSPS) is 18.9. The highest BCUT2D eigenvalue weighted by Crippen LogP contribution is 2.36. The van der Waals surface area contributed by atoms with E-state index in [2.05, 4.69) is 52.0 Å². The number of nitrogens with one attached hydrogen (secondary N) is 3. The second-order valence-corrected chi connectivity index (χ2v) is 15.9. The van der Waals surface area contributed by atoms with Gasteiger partial charge in [-0.3, -0.25) is 44.1 Å². The van der Waals surface area contributed by atoms with Gasteiger partial charge in [-0.25, -0.2) is 4.52 Å². The van der Waals surface area contributed by atoms with Crippen LogP contribution >= 0.6 is 11.3 Å². The number of piperidine rings is 2. The number of nitrogens with zero attached hydrogens (tertiary/aromatic N) is 10. The molecule has 3 fully saturated rings. The summed E-state index contributed by atoms with van der Waals surface area (Å²) >= 11 is 1.50. The van der Waals surface area contributed by atoms with E-state index >= 15 is 0 Å². The monoisotopic (exact) mass is 813 g/mol. The second-order valence-electron chi connectivity index (χ2n) is 14.9. The molecule has 1 aromatic carbocycles. The summed E-state index contributed by atoms with van der Waals surface area (Å²) in [4.78, 5) is 75.7. The number of amides is 5. The molecule has 0 spiro atoms. The zero-order valence-corrected chi connectivity index (χ0v) is 32.9. The summed E-state index contributed by atoms with van der Waals surface area (Å²) in [6.45, 7) is 4.32. The predicted molar refractivity (Wildman–Crippen MR) is 217 cm³/mol. The number of hydrogen-bond acceptors (Lipinski definition) is 15.